The van der Waals surface area contributed by atoms with Crippen molar-refractivity contribution >= 4 is 5.97 Å². The molecule has 0 saturated heterocycles. The van der Waals surface area contributed by atoms with Gasteiger partial charge in [0.1, 0.15) is 11.6 Å². The van der Waals surface area contributed by atoms with Gasteiger partial charge in [-0.25, -0.2) is 8.78 Å². The lowest BCUT2D eigenvalue weighted by atomic mass is 9.79. The van der Waals surface area contributed by atoms with Crippen molar-refractivity contribution in [2.45, 2.75) is 26.2 Å². The minimum atomic E-state index is -0.991. The van der Waals surface area contributed by atoms with Crippen LogP contribution in [0.15, 0.2) is 18.2 Å². The van der Waals surface area contributed by atoms with Crippen LogP contribution in [0.2, 0.25) is 0 Å². The Balaban J connectivity index is 2.29. The standard InChI is InChI=1S/C13H14F2O2/c1-13(12(16)17,9-2-3-9)7-8-6-10(14)4-5-11(8)15/h4-6,9H,2-3,7H2,1H3,(H,16,17). The highest BCUT2D eigenvalue weighted by atomic mass is 19.1. The maximum absolute atomic E-state index is 13.5. The van der Waals surface area contributed by atoms with Crippen molar-refractivity contribution in [1.29, 1.82) is 0 Å². The van der Waals surface area contributed by atoms with E-state index in [4.69, 9.17) is 0 Å². The quantitative estimate of drug-likeness (QED) is 0.878. The molecule has 0 heterocycles. The van der Waals surface area contributed by atoms with Crippen molar-refractivity contribution in [3.63, 3.8) is 0 Å². The number of carboxylic acid groups (broad SMARTS) is 1. The van der Waals surface area contributed by atoms with E-state index in [0.717, 1.165) is 31.0 Å². The molecule has 0 amide bonds. The van der Waals surface area contributed by atoms with Gasteiger partial charge in [0.25, 0.3) is 0 Å². The van der Waals surface area contributed by atoms with Gasteiger partial charge in [0.15, 0.2) is 0 Å². The van der Waals surface area contributed by atoms with E-state index >= 15 is 0 Å². The van der Waals surface area contributed by atoms with Crippen molar-refractivity contribution < 1.29 is 18.7 Å². The third-order valence-corrected chi connectivity index (χ3v) is 3.53. The van der Waals surface area contributed by atoms with Gasteiger partial charge in [0.05, 0.1) is 5.41 Å². The van der Waals surface area contributed by atoms with Crippen LogP contribution in [0.4, 0.5) is 8.78 Å². The topological polar surface area (TPSA) is 37.3 Å². The van der Waals surface area contributed by atoms with Gasteiger partial charge in [0, 0.05) is 0 Å². The number of aliphatic carboxylic acids is 1. The number of hydrogen-bond acceptors (Lipinski definition) is 1. The van der Waals surface area contributed by atoms with Crippen molar-refractivity contribution in [1.82, 2.24) is 0 Å². The molecule has 4 heteroatoms. The van der Waals surface area contributed by atoms with Crippen LogP contribution in [0.3, 0.4) is 0 Å². The van der Waals surface area contributed by atoms with E-state index in [1.54, 1.807) is 6.92 Å². The second-order valence-corrected chi connectivity index (χ2v) is 4.91. The molecule has 1 N–H and O–H groups in total. The molecule has 2 rings (SSSR count). The lowest BCUT2D eigenvalue weighted by Crippen LogP contribution is -2.32. The van der Waals surface area contributed by atoms with E-state index in [0.29, 0.717) is 0 Å². The normalized spacial score (nSPS) is 18.8. The summed E-state index contributed by atoms with van der Waals surface area (Å²) in [4.78, 5) is 11.3. The first kappa shape index (κ1) is 12.0. The summed E-state index contributed by atoms with van der Waals surface area (Å²) in [6.07, 6.45) is 1.73. The lowest BCUT2D eigenvalue weighted by molar-refractivity contribution is -0.149. The van der Waals surface area contributed by atoms with Gasteiger partial charge >= 0.3 is 5.97 Å². The zero-order valence-electron chi connectivity index (χ0n) is 9.54. The summed E-state index contributed by atoms with van der Waals surface area (Å²) < 4.78 is 26.5. The second kappa shape index (κ2) is 4.09. The van der Waals surface area contributed by atoms with Crippen LogP contribution in [-0.4, -0.2) is 11.1 Å². The number of carboxylic acids is 1. The number of halogens is 2. The highest BCUT2D eigenvalue weighted by Gasteiger charge is 2.47. The monoisotopic (exact) mass is 240 g/mol. The average molecular weight is 240 g/mol. The van der Waals surface area contributed by atoms with Gasteiger partial charge in [-0.1, -0.05) is 0 Å². The first-order chi connectivity index (χ1) is 7.93. The van der Waals surface area contributed by atoms with Crippen LogP contribution in [-0.2, 0) is 11.2 Å². The highest BCUT2D eigenvalue weighted by Crippen LogP contribution is 2.47. The molecule has 0 radical (unpaired) electrons. The molecule has 0 bridgehead atoms. The number of hydrogen-bond donors (Lipinski definition) is 1. The van der Waals surface area contributed by atoms with Crippen LogP contribution < -0.4 is 0 Å². The van der Waals surface area contributed by atoms with Gasteiger partial charge in [-0.2, -0.15) is 0 Å². The molecule has 0 spiro atoms. The third kappa shape index (κ3) is 2.30. The fraction of sp³-hybridized carbons (Fsp3) is 0.462. The second-order valence-electron chi connectivity index (χ2n) is 4.91. The highest BCUT2D eigenvalue weighted by molar-refractivity contribution is 5.75. The van der Waals surface area contributed by atoms with Crippen LogP contribution >= 0.6 is 0 Å². The minimum Gasteiger partial charge on any atom is -0.481 e. The van der Waals surface area contributed by atoms with E-state index in [1.165, 1.54) is 0 Å². The maximum Gasteiger partial charge on any atom is 0.309 e. The summed E-state index contributed by atoms with van der Waals surface area (Å²) in [6, 6.07) is 3.16. The predicted molar refractivity (Wildman–Crippen MR) is 58.5 cm³/mol. The van der Waals surface area contributed by atoms with E-state index in [-0.39, 0.29) is 17.9 Å². The average Bonchev–Trinajstić information content (AvgIpc) is 3.06. The summed E-state index contributed by atoms with van der Waals surface area (Å²) in [7, 11) is 0. The maximum atomic E-state index is 13.5. The molecule has 0 aromatic heterocycles. The lowest BCUT2D eigenvalue weighted by Gasteiger charge is -2.24. The van der Waals surface area contributed by atoms with E-state index in [2.05, 4.69) is 0 Å². The smallest absolute Gasteiger partial charge is 0.309 e. The predicted octanol–water partition coefficient (Wildman–Crippen LogP) is 3.01. The summed E-state index contributed by atoms with van der Waals surface area (Å²) in [5.41, 5.74) is -0.851. The Morgan fingerprint density at radius 3 is 2.65 bits per heavy atom. The Labute approximate surface area is 98.3 Å². The molecule has 1 aromatic rings. The molecule has 92 valence electrons. The number of benzene rings is 1. The van der Waals surface area contributed by atoms with Crippen molar-refractivity contribution in [3.8, 4) is 0 Å². The molecule has 1 saturated carbocycles. The SMILES string of the molecule is CC(Cc1cc(F)ccc1F)(C(=O)O)C1CC1. The number of carbonyl (C=O) groups is 1. The molecular weight excluding hydrogens is 226 g/mol. The Morgan fingerprint density at radius 1 is 1.47 bits per heavy atom. The Hall–Kier alpha value is -1.45. The zero-order valence-corrected chi connectivity index (χ0v) is 9.54. The van der Waals surface area contributed by atoms with Crippen molar-refractivity contribution in [3.05, 3.63) is 35.4 Å². The molecule has 2 nitrogen and oxygen atoms in total. The first-order valence-corrected chi connectivity index (χ1v) is 5.61. The van der Waals surface area contributed by atoms with Crippen LogP contribution in [0.25, 0.3) is 0 Å². The largest absolute Gasteiger partial charge is 0.481 e. The third-order valence-electron chi connectivity index (χ3n) is 3.53. The van der Waals surface area contributed by atoms with Crippen LogP contribution in [0.1, 0.15) is 25.3 Å². The van der Waals surface area contributed by atoms with Gasteiger partial charge in [-0.15, -0.1) is 0 Å². The van der Waals surface area contributed by atoms with Gasteiger partial charge in [-0.3, -0.25) is 4.79 Å². The molecule has 1 unspecified atom stereocenters. The molecule has 1 aliphatic carbocycles. The van der Waals surface area contributed by atoms with E-state index in [1.807, 2.05) is 0 Å². The van der Waals surface area contributed by atoms with Crippen LogP contribution in [0, 0.1) is 23.0 Å². The van der Waals surface area contributed by atoms with Crippen molar-refractivity contribution in [2.24, 2.45) is 11.3 Å². The fourth-order valence-corrected chi connectivity index (χ4v) is 2.19. The summed E-state index contributed by atoms with van der Waals surface area (Å²) in [5, 5.41) is 9.25. The van der Waals surface area contributed by atoms with E-state index < -0.39 is 23.0 Å². The summed E-state index contributed by atoms with van der Waals surface area (Å²) in [6.45, 7) is 1.61. The van der Waals surface area contributed by atoms with Gasteiger partial charge in [-0.05, 0) is 55.9 Å². The Bertz CT molecular complexity index is 455. The molecule has 17 heavy (non-hydrogen) atoms. The fourth-order valence-electron chi connectivity index (χ4n) is 2.19. The minimum absolute atomic E-state index is 0.0383. The molecule has 1 aliphatic rings. The van der Waals surface area contributed by atoms with Gasteiger partial charge < -0.3 is 5.11 Å². The molecule has 1 atom stereocenters. The molecule has 1 fully saturated rings. The molecular formula is C13H14F2O2. The molecule has 0 aliphatic heterocycles. The Morgan fingerprint density at radius 2 is 2.12 bits per heavy atom. The van der Waals surface area contributed by atoms with E-state index in [9.17, 15) is 18.7 Å². The summed E-state index contributed by atoms with van der Waals surface area (Å²) in [5.74, 6) is -1.95. The number of rotatable bonds is 4. The van der Waals surface area contributed by atoms with Crippen LogP contribution in [0.5, 0.6) is 0 Å². The Kier molecular flexibility index (Phi) is 2.89. The zero-order chi connectivity index (χ0) is 12.6. The molecule has 1 aromatic carbocycles. The summed E-state index contributed by atoms with van der Waals surface area (Å²) >= 11 is 0. The van der Waals surface area contributed by atoms with Gasteiger partial charge in [0.2, 0.25) is 0 Å². The van der Waals surface area contributed by atoms with Crippen molar-refractivity contribution in [2.75, 3.05) is 0 Å². The first-order valence-electron chi connectivity index (χ1n) is 5.61.